The van der Waals surface area contributed by atoms with Gasteiger partial charge >= 0.3 is 0 Å². The zero-order valence-electron chi connectivity index (χ0n) is 7.70. The maximum absolute atomic E-state index is 4.15. The van der Waals surface area contributed by atoms with Crippen LogP contribution >= 0.6 is 0 Å². The van der Waals surface area contributed by atoms with Crippen LogP contribution in [0.25, 0.3) is 16.6 Å². The van der Waals surface area contributed by atoms with Crippen molar-refractivity contribution in [1.82, 2.24) is 15.2 Å². The van der Waals surface area contributed by atoms with Gasteiger partial charge in [-0.25, -0.2) is 4.98 Å². The molecule has 3 nitrogen and oxygen atoms in total. The molecule has 0 aliphatic carbocycles. The number of hydrogen-bond donors (Lipinski definition) is 1. The van der Waals surface area contributed by atoms with E-state index in [1.54, 1.807) is 6.20 Å². The number of pyridine rings is 1. The highest BCUT2D eigenvalue weighted by molar-refractivity contribution is 5.87. The van der Waals surface area contributed by atoms with Crippen molar-refractivity contribution in [1.29, 1.82) is 0 Å². The van der Waals surface area contributed by atoms with Crippen molar-refractivity contribution in [2.24, 2.45) is 0 Å². The molecule has 0 saturated heterocycles. The number of aromatic nitrogens is 3. The first kappa shape index (κ1) is 7.98. The molecule has 3 heteroatoms. The summed E-state index contributed by atoms with van der Waals surface area (Å²) >= 11 is 0. The van der Waals surface area contributed by atoms with E-state index in [4.69, 9.17) is 0 Å². The molecule has 0 unspecified atom stereocenters. The second-order valence-corrected chi connectivity index (χ2v) is 2.94. The van der Waals surface area contributed by atoms with Crippen LogP contribution in [0.2, 0.25) is 0 Å². The topological polar surface area (TPSA) is 41.6 Å². The average Bonchev–Trinajstić information content (AvgIpc) is 2.60. The van der Waals surface area contributed by atoms with Gasteiger partial charge in [0, 0.05) is 13.0 Å². The van der Waals surface area contributed by atoms with E-state index in [-0.39, 0.29) is 1.43 Å². The molecular weight excluding hydrogens is 162 g/mol. The van der Waals surface area contributed by atoms with E-state index in [0.29, 0.717) is 0 Å². The molecule has 0 saturated carbocycles. The maximum Gasteiger partial charge on any atom is 0.181 e. The predicted octanol–water partition coefficient (Wildman–Crippen LogP) is 2.63. The Morgan fingerprint density at radius 1 is 1.62 bits per heavy atom. The molecule has 0 radical (unpaired) electrons. The van der Waals surface area contributed by atoms with Gasteiger partial charge in [-0.1, -0.05) is 6.08 Å². The Bertz CT molecular complexity index is 459. The van der Waals surface area contributed by atoms with Crippen molar-refractivity contribution >= 4 is 16.6 Å². The van der Waals surface area contributed by atoms with E-state index in [1.165, 1.54) is 5.57 Å². The summed E-state index contributed by atoms with van der Waals surface area (Å²) in [5.41, 5.74) is 3.03. The second kappa shape index (κ2) is 3.01. The van der Waals surface area contributed by atoms with Gasteiger partial charge in [0.25, 0.3) is 0 Å². The van der Waals surface area contributed by atoms with Crippen molar-refractivity contribution in [3.63, 3.8) is 0 Å². The Morgan fingerprint density at radius 3 is 3.23 bits per heavy atom. The van der Waals surface area contributed by atoms with E-state index in [9.17, 15) is 0 Å². The summed E-state index contributed by atoms with van der Waals surface area (Å²) in [5, 5.41) is 8.18. The Morgan fingerprint density at radius 2 is 2.46 bits per heavy atom. The number of allylic oxidation sites excluding steroid dienone is 2. The summed E-state index contributed by atoms with van der Waals surface area (Å²) < 4.78 is 0. The molecule has 0 aliphatic rings. The first-order chi connectivity index (χ1) is 6.33. The fraction of sp³-hybridized carbons (Fsp3) is 0.200. The van der Waals surface area contributed by atoms with Crippen LogP contribution in [-0.2, 0) is 0 Å². The third-order valence-electron chi connectivity index (χ3n) is 2.16. The highest BCUT2D eigenvalue weighted by Crippen LogP contribution is 2.19. The summed E-state index contributed by atoms with van der Waals surface area (Å²) in [7, 11) is 0. The van der Waals surface area contributed by atoms with Crippen LogP contribution in [0.1, 0.15) is 21.0 Å². The van der Waals surface area contributed by atoms with E-state index >= 15 is 0 Å². The Kier molecular flexibility index (Phi) is 1.85. The summed E-state index contributed by atoms with van der Waals surface area (Å²) in [6.07, 6.45) is 3.80. The van der Waals surface area contributed by atoms with Gasteiger partial charge in [0.1, 0.15) is 0 Å². The summed E-state index contributed by atoms with van der Waals surface area (Å²) in [5.74, 6) is 0. The fourth-order valence-corrected chi connectivity index (χ4v) is 1.30. The van der Waals surface area contributed by atoms with Crippen molar-refractivity contribution in [2.45, 2.75) is 13.8 Å². The minimum atomic E-state index is 0. The average molecular weight is 175 g/mol. The molecule has 0 spiro atoms. The molecule has 2 aromatic rings. The molecule has 0 fully saturated rings. The number of rotatable bonds is 1. The van der Waals surface area contributed by atoms with E-state index in [0.717, 1.165) is 16.7 Å². The van der Waals surface area contributed by atoms with Crippen LogP contribution < -0.4 is 0 Å². The molecule has 0 aromatic carbocycles. The second-order valence-electron chi connectivity index (χ2n) is 2.94. The van der Waals surface area contributed by atoms with Gasteiger partial charge in [-0.3, -0.25) is 5.10 Å². The first-order valence-corrected chi connectivity index (χ1v) is 4.25. The van der Waals surface area contributed by atoms with Crippen LogP contribution in [0, 0.1) is 0 Å². The Balaban J connectivity index is 0.000000980. The summed E-state index contributed by atoms with van der Waals surface area (Å²) in [6, 6.07) is 3.94. The Labute approximate surface area is 78.0 Å². The molecule has 13 heavy (non-hydrogen) atoms. The molecule has 0 bridgehead atoms. The molecule has 2 rings (SSSR count). The van der Waals surface area contributed by atoms with Crippen LogP contribution in [0.5, 0.6) is 0 Å². The van der Waals surface area contributed by atoms with Crippen molar-refractivity contribution < 1.29 is 1.43 Å². The minimum absolute atomic E-state index is 0. The molecule has 0 atom stereocenters. The molecule has 1 N–H and O–H groups in total. The molecule has 2 heterocycles. The molecule has 0 aliphatic heterocycles. The zero-order chi connectivity index (χ0) is 9.26. The molecule has 0 amide bonds. The third kappa shape index (κ3) is 1.22. The standard InChI is InChI=1S/C10H11N3.H2/c1-3-7(2)9-8-5-4-6-11-10(8)13-12-9;/h3-6H,1-2H3,(H,11,12,13);1H/b7-3-;. The number of nitrogens with zero attached hydrogens (tertiary/aromatic N) is 2. The van der Waals surface area contributed by atoms with E-state index < -0.39 is 0 Å². The normalized spacial score (nSPS) is 12.3. The summed E-state index contributed by atoms with van der Waals surface area (Å²) in [4.78, 5) is 4.15. The lowest BCUT2D eigenvalue weighted by Gasteiger charge is -1.95. The Hall–Kier alpha value is -1.64. The van der Waals surface area contributed by atoms with E-state index in [2.05, 4.69) is 28.2 Å². The minimum Gasteiger partial charge on any atom is -0.275 e. The maximum atomic E-state index is 4.15. The van der Waals surface area contributed by atoms with Gasteiger partial charge in [-0.15, -0.1) is 0 Å². The van der Waals surface area contributed by atoms with Gasteiger partial charge in [-0.05, 0) is 31.6 Å². The van der Waals surface area contributed by atoms with Gasteiger partial charge in [-0.2, -0.15) is 5.10 Å². The largest absolute Gasteiger partial charge is 0.275 e. The molecule has 2 aromatic heterocycles. The van der Waals surface area contributed by atoms with Gasteiger partial charge in [0.05, 0.1) is 5.69 Å². The van der Waals surface area contributed by atoms with Crippen molar-refractivity contribution in [3.05, 3.63) is 30.1 Å². The molecular formula is C10H13N3. The van der Waals surface area contributed by atoms with Crippen LogP contribution in [-0.4, -0.2) is 15.2 Å². The number of nitrogens with one attached hydrogen (secondary N) is 1. The van der Waals surface area contributed by atoms with Crippen LogP contribution in [0.3, 0.4) is 0 Å². The highest BCUT2D eigenvalue weighted by atomic mass is 15.1. The number of H-pyrrole nitrogens is 1. The monoisotopic (exact) mass is 175 g/mol. The van der Waals surface area contributed by atoms with Crippen LogP contribution in [0.15, 0.2) is 24.4 Å². The van der Waals surface area contributed by atoms with Gasteiger partial charge in [0.2, 0.25) is 0 Å². The lowest BCUT2D eigenvalue weighted by atomic mass is 10.1. The summed E-state index contributed by atoms with van der Waals surface area (Å²) in [6.45, 7) is 4.07. The van der Waals surface area contributed by atoms with E-state index in [1.807, 2.05) is 19.1 Å². The lowest BCUT2D eigenvalue weighted by Crippen LogP contribution is -1.79. The molecule has 68 valence electrons. The van der Waals surface area contributed by atoms with Gasteiger partial charge in [0.15, 0.2) is 5.65 Å². The quantitative estimate of drug-likeness (QED) is 0.723. The van der Waals surface area contributed by atoms with Crippen molar-refractivity contribution in [3.8, 4) is 0 Å². The lowest BCUT2D eigenvalue weighted by molar-refractivity contribution is 1.08. The first-order valence-electron chi connectivity index (χ1n) is 4.25. The highest BCUT2D eigenvalue weighted by Gasteiger charge is 2.05. The predicted molar refractivity (Wildman–Crippen MR) is 55.3 cm³/mol. The van der Waals surface area contributed by atoms with Crippen molar-refractivity contribution in [2.75, 3.05) is 0 Å². The number of fused-ring (bicyclic) bond motifs is 1. The fourth-order valence-electron chi connectivity index (χ4n) is 1.30. The number of aromatic amines is 1. The number of hydrogen-bond acceptors (Lipinski definition) is 2. The smallest absolute Gasteiger partial charge is 0.181 e. The SMILES string of the molecule is C/C=C(/C)c1[nH]nc2ncccc12.[HH]. The van der Waals surface area contributed by atoms with Gasteiger partial charge < -0.3 is 0 Å². The third-order valence-corrected chi connectivity index (χ3v) is 2.16. The zero-order valence-corrected chi connectivity index (χ0v) is 7.70. The van der Waals surface area contributed by atoms with Crippen LogP contribution in [0.4, 0.5) is 0 Å².